The highest BCUT2D eigenvalue weighted by Gasteiger charge is 2.17. The lowest BCUT2D eigenvalue weighted by Crippen LogP contribution is -2.15. The van der Waals surface area contributed by atoms with E-state index in [1.165, 1.54) is 30.0 Å². The van der Waals surface area contributed by atoms with Gasteiger partial charge >= 0.3 is 0 Å². The average Bonchev–Trinajstić information content (AvgIpc) is 3.20. The molecule has 0 bridgehead atoms. The van der Waals surface area contributed by atoms with E-state index in [0.29, 0.717) is 30.1 Å². The largest absolute Gasteiger partial charge is 0.493 e. The van der Waals surface area contributed by atoms with Crippen LogP contribution in [0.3, 0.4) is 0 Å². The van der Waals surface area contributed by atoms with Crippen LogP contribution < -0.4 is 10.1 Å². The number of nitrogens with zero attached hydrogens (tertiary/aromatic N) is 4. The lowest BCUT2D eigenvalue weighted by molar-refractivity contribution is -0.384. The minimum Gasteiger partial charge on any atom is -0.493 e. The number of rotatable bonds is 11. The number of benzene rings is 2. The minimum atomic E-state index is -0.553. The maximum Gasteiger partial charge on any atom is 0.271 e. The summed E-state index contributed by atoms with van der Waals surface area (Å²) in [7, 11) is 0. The number of nitrogens with one attached hydrogen (secondary N) is 1. The van der Waals surface area contributed by atoms with E-state index < -0.39 is 4.92 Å². The van der Waals surface area contributed by atoms with E-state index in [2.05, 4.69) is 35.9 Å². The van der Waals surface area contributed by atoms with Crippen molar-refractivity contribution in [3.63, 3.8) is 0 Å². The van der Waals surface area contributed by atoms with Gasteiger partial charge in [0.2, 0.25) is 5.91 Å². The number of halogens is 1. The Kier molecular flexibility index (Phi) is 8.67. The van der Waals surface area contributed by atoms with Gasteiger partial charge in [-0.05, 0) is 36.2 Å². The number of anilines is 1. The van der Waals surface area contributed by atoms with Gasteiger partial charge in [0.25, 0.3) is 5.69 Å². The molecule has 0 spiro atoms. The molecular weight excluding hydrogens is 478 g/mol. The van der Waals surface area contributed by atoms with Crippen LogP contribution in [-0.4, -0.2) is 38.0 Å². The van der Waals surface area contributed by atoms with Crippen molar-refractivity contribution in [3.05, 3.63) is 70.3 Å². The Morgan fingerprint density at radius 2 is 2.03 bits per heavy atom. The molecule has 0 aliphatic carbocycles. The Bertz CT molecular complexity index is 1180. The highest BCUT2D eigenvalue weighted by molar-refractivity contribution is 7.99. The van der Waals surface area contributed by atoms with Crippen LogP contribution in [0.5, 0.6) is 5.75 Å². The number of nitro benzene ring substituents is 1. The lowest BCUT2D eigenvalue weighted by atomic mass is 10.2. The van der Waals surface area contributed by atoms with Crippen LogP contribution in [-0.2, 0) is 11.3 Å². The van der Waals surface area contributed by atoms with Crippen LogP contribution in [0.1, 0.15) is 13.8 Å². The maximum absolute atomic E-state index is 12.5. The summed E-state index contributed by atoms with van der Waals surface area (Å²) in [5.74, 6) is 1.48. The van der Waals surface area contributed by atoms with Crippen LogP contribution in [0.25, 0.3) is 11.4 Å². The number of ether oxygens (including phenoxy) is 1. The molecule has 1 aromatic heterocycles. The van der Waals surface area contributed by atoms with Crippen molar-refractivity contribution in [1.29, 1.82) is 0 Å². The molecule has 11 heteroatoms. The Morgan fingerprint density at radius 1 is 1.29 bits per heavy atom. The van der Waals surface area contributed by atoms with Gasteiger partial charge in [-0.15, -0.1) is 16.8 Å². The topological polar surface area (TPSA) is 112 Å². The molecule has 1 amide bonds. The molecule has 1 heterocycles. The van der Waals surface area contributed by atoms with Crippen molar-refractivity contribution in [2.45, 2.75) is 25.5 Å². The Labute approximate surface area is 206 Å². The number of aromatic nitrogens is 3. The fourth-order valence-corrected chi connectivity index (χ4v) is 3.82. The van der Waals surface area contributed by atoms with Gasteiger partial charge in [0.15, 0.2) is 11.0 Å². The highest BCUT2D eigenvalue weighted by atomic mass is 35.5. The molecule has 178 valence electrons. The van der Waals surface area contributed by atoms with Crippen LogP contribution in [0.15, 0.2) is 60.3 Å². The summed E-state index contributed by atoms with van der Waals surface area (Å²) in [5, 5.41) is 22.8. The zero-order valence-electron chi connectivity index (χ0n) is 18.7. The summed E-state index contributed by atoms with van der Waals surface area (Å²) >= 11 is 7.24. The summed E-state index contributed by atoms with van der Waals surface area (Å²) in [6, 6.07) is 11.4. The molecular formula is C23H24ClN5O4S. The third-order valence-electron chi connectivity index (χ3n) is 4.49. The van der Waals surface area contributed by atoms with Crippen molar-refractivity contribution in [1.82, 2.24) is 14.8 Å². The third-order valence-corrected chi connectivity index (χ3v) is 5.79. The summed E-state index contributed by atoms with van der Waals surface area (Å²) in [6.07, 6.45) is 1.72. The van der Waals surface area contributed by atoms with E-state index in [0.717, 1.165) is 11.3 Å². The molecule has 0 fully saturated rings. The molecule has 1 N–H and O–H groups in total. The SMILES string of the molecule is C=CCn1c(SCC(=O)Nc2cc([N+](=O)[O-])ccc2Cl)nnc1-c1ccc(OCC(C)C)cc1. The van der Waals surface area contributed by atoms with Crippen LogP contribution in [0.2, 0.25) is 5.02 Å². The molecule has 0 saturated carbocycles. The number of amides is 1. The summed E-state index contributed by atoms with van der Waals surface area (Å²) < 4.78 is 7.59. The van der Waals surface area contributed by atoms with E-state index >= 15 is 0 Å². The van der Waals surface area contributed by atoms with E-state index in [9.17, 15) is 14.9 Å². The molecule has 0 saturated heterocycles. The number of hydrogen-bond donors (Lipinski definition) is 1. The smallest absolute Gasteiger partial charge is 0.271 e. The normalized spacial score (nSPS) is 10.8. The van der Waals surface area contributed by atoms with Gasteiger partial charge in [-0.2, -0.15) is 0 Å². The predicted octanol–water partition coefficient (Wildman–Crippen LogP) is 5.46. The second kappa shape index (κ2) is 11.7. The molecule has 0 aliphatic rings. The van der Waals surface area contributed by atoms with Crippen molar-refractivity contribution in [3.8, 4) is 17.1 Å². The molecule has 0 aliphatic heterocycles. The molecule has 0 atom stereocenters. The van der Waals surface area contributed by atoms with Gasteiger partial charge in [0.1, 0.15) is 5.75 Å². The maximum atomic E-state index is 12.5. The number of hydrogen-bond acceptors (Lipinski definition) is 7. The zero-order valence-corrected chi connectivity index (χ0v) is 20.3. The standard InChI is InChI=1S/C23H24ClN5O4S/c1-4-11-28-22(16-5-8-18(9-6-16)33-13-15(2)3)26-27-23(28)34-14-21(30)25-20-12-17(29(31)32)7-10-19(20)24/h4-10,12,15H,1,11,13-14H2,2-3H3,(H,25,30). The van der Waals surface area contributed by atoms with E-state index in [1.807, 2.05) is 28.8 Å². The van der Waals surface area contributed by atoms with Crippen LogP contribution >= 0.6 is 23.4 Å². The van der Waals surface area contributed by atoms with Gasteiger partial charge in [-0.25, -0.2) is 0 Å². The quantitative estimate of drug-likeness (QED) is 0.161. The van der Waals surface area contributed by atoms with Crippen molar-refractivity contribution >= 4 is 40.6 Å². The van der Waals surface area contributed by atoms with Gasteiger partial charge < -0.3 is 10.1 Å². The first-order chi connectivity index (χ1) is 16.3. The predicted molar refractivity (Wildman–Crippen MR) is 133 cm³/mol. The molecule has 9 nitrogen and oxygen atoms in total. The summed E-state index contributed by atoms with van der Waals surface area (Å²) in [6.45, 7) is 9.06. The van der Waals surface area contributed by atoms with Crippen molar-refractivity contribution in [2.24, 2.45) is 5.92 Å². The van der Waals surface area contributed by atoms with Gasteiger partial charge in [-0.3, -0.25) is 19.5 Å². The van der Waals surface area contributed by atoms with Gasteiger partial charge in [0, 0.05) is 24.2 Å². The van der Waals surface area contributed by atoms with Crippen molar-refractivity contribution < 1.29 is 14.5 Å². The summed E-state index contributed by atoms with van der Waals surface area (Å²) in [5.41, 5.74) is 0.865. The molecule has 34 heavy (non-hydrogen) atoms. The Balaban J connectivity index is 1.70. The average molecular weight is 502 g/mol. The van der Waals surface area contributed by atoms with E-state index in [4.69, 9.17) is 16.3 Å². The molecule has 2 aromatic carbocycles. The minimum absolute atomic E-state index is 0.0102. The van der Waals surface area contributed by atoms with Gasteiger partial charge in [0.05, 0.1) is 28.0 Å². The molecule has 3 aromatic rings. The molecule has 0 unspecified atom stereocenters. The fourth-order valence-electron chi connectivity index (χ4n) is 2.90. The van der Waals surface area contributed by atoms with Crippen molar-refractivity contribution in [2.75, 3.05) is 17.7 Å². The third kappa shape index (κ3) is 6.58. The van der Waals surface area contributed by atoms with E-state index in [1.54, 1.807) is 6.08 Å². The highest BCUT2D eigenvalue weighted by Crippen LogP contribution is 2.28. The number of thioether (sulfide) groups is 1. The van der Waals surface area contributed by atoms with Crippen LogP contribution in [0.4, 0.5) is 11.4 Å². The lowest BCUT2D eigenvalue weighted by Gasteiger charge is -2.10. The zero-order chi connectivity index (χ0) is 24.7. The second-order valence-electron chi connectivity index (χ2n) is 7.69. The number of carbonyl (C=O) groups excluding carboxylic acids is 1. The number of allylic oxidation sites excluding steroid dienone is 1. The second-order valence-corrected chi connectivity index (χ2v) is 9.04. The van der Waals surface area contributed by atoms with Crippen LogP contribution in [0, 0.1) is 16.0 Å². The fraction of sp³-hybridized carbons (Fsp3) is 0.261. The summed E-state index contributed by atoms with van der Waals surface area (Å²) in [4.78, 5) is 22.9. The monoisotopic (exact) mass is 501 g/mol. The first-order valence-corrected chi connectivity index (χ1v) is 11.8. The number of nitro groups is 1. The molecule has 3 rings (SSSR count). The number of carbonyl (C=O) groups is 1. The first kappa shape index (κ1) is 25.3. The van der Waals surface area contributed by atoms with Gasteiger partial charge in [-0.1, -0.05) is 43.3 Å². The Morgan fingerprint density at radius 3 is 2.68 bits per heavy atom. The van der Waals surface area contributed by atoms with E-state index in [-0.39, 0.29) is 28.1 Å². The Hall–Kier alpha value is -3.37. The first-order valence-electron chi connectivity index (χ1n) is 10.4. The molecule has 0 radical (unpaired) electrons. The number of non-ortho nitro benzene ring substituents is 1.